The molecule has 0 aliphatic rings. The molecule has 0 bridgehead atoms. The summed E-state index contributed by atoms with van der Waals surface area (Å²) < 4.78 is 1.93. The molecule has 2 heterocycles. The Morgan fingerprint density at radius 2 is 2.05 bits per heavy atom. The summed E-state index contributed by atoms with van der Waals surface area (Å²) in [7, 11) is 0. The number of hydrogen-bond donors (Lipinski definition) is 1. The first-order valence-electron chi connectivity index (χ1n) is 7.41. The lowest BCUT2D eigenvalue weighted by Crippen LogP contribution is -2.00. The van der Waals surface area contributed by atoms with Gasteiger partial charge in [0.1, 0.15) is 5.69 Å². The number of Topliss-reactive ketones (excluding diaryl/α,β-unsaturated/α-hetero) is 1. The fourth-order valence-corrected chi connectivity index (χ4v) is 2.18. The van der Waals surface area contributed by atoms with Crippen molar-refractivity contribution in [3.05, 3.63) is 36.3 Å². The van der Waals surface area contributed by atoms with Crippen molar-refractivity contribution in [2.45, 2.75) is 39.2 Å². The van der Waals surface area contributed by atoms with Gasteiger partial charge in [-0.1, -0.05) is 18.9 Å². The number of pyridine rings is 1. The van der Waals surface area contributed by atoms with Gasteiger partial charge in [-0.2, -0.15) is 5.10 Å². The van der Waals surface area contributed by atoms with Gasteiger partial charge >= 0.3 is 0 Å². The van der Waals surface area contributed by atoms with Crippen LogP contribution in [0.4, 0.5) is 0 Å². The predicted octanol–water partition coefficient (Wildman–Crippen LogP) is 2.67. The summed E-state index contributed by atoms with van der Waals surface area (Å²) in [5.41, 5.74) is 7.70. The van der Waals surface area contributed by atoms with E-state index in [2.05, 4.69) is 10.1 Å². The van der Waals surface area contributed by atoms with Crippen LogP contribution in [0.2, 0.25) is 0 Å². The van der Waals surface area contributed by atoms with E-state index in [4.69, 9.17) is 5.73 Å². The number of carbonyl (C=O) groups is 1. The minimum absolute atomic E-state index is 0.0239. The Morgan fingerprint density at radius 1 is 1.24 bits per heavy atom. The van der Waals surface area contributed by atoms with Crippen molar-refractivity contribution in [1.29, 1.82) is 0 Å². The molecule has 112 valence electrons. The molecule has 0 aliphatic heterocycles. The van der Waals surface area contributed by atoms with E-state index in [0.717, 1.165) is 37.2 Å². The Morgan fingerprint density at radius 3 is 2.81 bits per heavy atom. The number of aromatic nitrogens is 3. The van der Waals surface area contributed by atoms with Gasteiger partial charge in [0.2, 0.25) is 0 Å². The number of carbonyl (C=O) groups excluding carboxylic acids is 1. The van der Waals surface area contributed by atoms with Crippen LogP contribution in [0, 0.1) is 0 Å². The number of aryl methyl sites for hydroxylation is 1. The molecule has 0 fully saturated rings. The number of ketones is 1. The maximum atomic E-state index is 11.4. The lowest BCUT2D eigenvalue weighted by molar-refractivity contribution is 0.101. The third-order valence-corrected chi connectivity index (χ3v) is 3.38. The van der Waals surface area contributed by atoms with Gasteiger partial charge in [-0.05, 0) is 31.5 Å². The summed E-state index contributed by atoms with van der Waals surface area (Å²) in [5, 5.41) is 4.35. The molecule has 0 amide bonds. The number of rotatable bonds is 8. The molecule has 0 aliphatic carbocycles. The van der Waals surface area contributed by atoms with Gasteiger partial charge < -0.3 is 5.73 Å². The summed E-state index contributed by atoms with van der Waals surface area (Å²) in [6.07, 6.45) is 8.31. The predicted molar refractivity (Wildman–Crippen MR) is 83.0 cm³/mol. The second-order valence-electron chi connectivity index (χ2n) is 5.16. The molecule has 0 spiro atoms. The zero-order valence-corrected chi connectivity index (χ0v) is 12.5. The average molecular weight is 286 g/mol. The lowest BCUT2D eigenvalue weighted by Gasteiger charge is -2.01. The van der Waals surface area contributed by atoms with Crippen molar-refractivity contribution in [1.82, 2.24) is 14.8 Å². The van der Waals surface area contributed by atoms with Gasteiger partial charge in [0.05, 0.1) is 11.9 Å². The number of hydrogen-bond acceptors (Lipinski definition) is 4. The van der Waals surface area contributed by atoms with Crippen molar-refractivity contribution < 1.29 is 4.79 Å². The van der Waals surface area contributed by atoms with Crippen molar-refractivity contribution >= 4 is 5.78 Å². The third-order valence-electron chi connectivity index (χ3n) is 3.38. The smallest absolute Gasteiger partial charge is 0.178 e. The summed E-state index contributed by atoms with van der Waals surface area (Å²) in [6, 6.07) is 5.48. The second-order valence-corrected chi connectivity index (χ2v) is 5.16. The minimum Gasteiger partial charge on any atom is -0.330 e. The van der Waals surface area contributed by atoms with E-state index in [-0.39, 0.29) is 5.78 Å². The summed E-state index contributed by atoms with van der Waals surface area (Å²) in [4.78, 5) is 15.7. The summed E-state index contributed by atoms with van der Waals surface area (Å²) in [5.74, 6) is -0.0239. The van der Waals surface area contributed by atoms with Crippen LogP contribution in [0.3, 0.4) is 0 Å². The number of nitrogens with two attached hydrogens (primary N) is 1. The molecule has 5 heteroatoms. The van der Waals surface area contributed by atoms with Gasteiger partial charge in [-0.3, -0.25) is 9.48 Å². The van der Waals surface area contributed by atoms with Crippen LogP contribution in [0.25, 0.3) is 11.3 Å². The maximum absolute atomic E-state index is 11.4. The molecule has 2 rings (SSSR count). The summed E-state index contributed by atoms with van der Waals surface area (Å²) >= 11 is 0. The Bertz CT molecular complexity index is 591. The monoisotopic (exact) mass is 286 g/mol. The highest BCUT2D eigenvalue weighted by molar-refractivity contribution is 5.92. The quantitative estimate of drug-likeness (QED) is 0.598. The van der Waals surface area contributed by atoms with Gasteiger partial charge in [0.25, 0.3) is 0 Å². The van der Waals surface area contributed by atoms with Gasteiger partial charge in [-0.25, -0.2) is 4.98 Å². The number of unbranched alkanes of at least 4 members (excludes halogenated alkanes) is 3. The zero-order valence-electron chi connectivity index (χ0n) is 12.5. The molecule has 0 saturated carbocycles. The first kappa shape index (κ1) is 15.4. The van der Waals surface area contributed by atoms with Crippen LogP contribution in [0.5, 0.6) is 0 Å². The molecule has 2 aromatic heterocycles. The minimum atomic E-state index is -0.0239. The van der Waals surface area contributed by atoms with Crippen LogP contribution in [0.15, 0.2) is 30.6 Å². The molecule has 0 aromatic carbocycles. The highest BCUT2D eigenvalue weighted by atomic mass is 16.1. The molecule has 2 aromatic rings. The van der Waals surface area contributed by atoms with Crippen molar-refractivity contribution in [2.75, 3.05) is 6.54 Å². The highest BCUT2D eigenvalue weighted by Gasteiger charge is 2.06. The van der Waals surface area contributed by atoms with Crippen molar-refractivity contribution in [3.8, 4) is 11.3 Å². The van der Waals surface area contributed by atoms with Crippen LogP contribution in [0.1, 0.15) is 43.1 Å². The van der Waals surface area contributed by atoms with E-state index >= 15 is 0 Å². The molecule has 0 unspecified atom stereocenters. The topological polar surface area (TPSA) is 73.8 Å². The molecular weight excluding hydrogens is 264 g/mol. The third kappa shape index (κ3) is 4.49. The first-order valence-corrected chi connectivity index (χ1v) is 7.41. The van der Waals surface area contributed by atoms with E-state index in [1.165, 1.54) is 19.8 Å². The molecule has 21 heavy (non-hydrogen) atoms. The second kappa shape index (κ2) is 7.69. The maximum Gasteiger partial charge on any atom is 0.178 e. The van der Waals surface area contributed by atoms with Crippen LogP contribution < -0.4 is 5.73 Å². The Balaban J connectivity index is 1.96. The molecule has 0 saturated heterocycles. The van der Waals surface area contributed by atoms with Gasteiger partial charge in [0.15, 0.2) is 5.78 Å². The van der Waals surface area contributed by atoms with E-state index in [0.29, 0.717) is 5.69 Å². The SMILES string of the molecule is CC(=O)c1cccc(-c2cnn(CCCCCCN)c2)n1. The Hall–Kier alpha value is -2.01. The van der Waals surface area contributed by atoms with Crippen LogP contribution >= 0.6 is 0 Å². The van der Waals surface area contributed by atoms with Crippen LogP contribution in [-0.2, 0) is 6.54 Å². The highest BCUT2D eigenvalue weighted by Crippen LogP contribution is 2.17. The van der Waals surface area contributed by atoms with E-state index in [1.54, 1.807) is 12.3 Å². The van der Waals surface area contributed by atoms with Crippen molar-refractivity contribution in [3.63, 3.8) is 0 Å². The van der Waals surface area contributed by atoms with Crippen LogP contribution in [-0.4, -0.2) is 27.1 Å². The molecular formula is C16H22N4O. The fraction of sp³-hybridized carbons (Fsp3) is 0.438. The normalized spacial score (nSPS) is 10.8. The summed E-state index contributed by atoms with van der Waals surface area (Å²) in [6.45, 7) is 3.19. The van der Waals surface area contributed by atoms with E-state index in [9.17, 15) is 4.79 Å². The molecule has 0 radical (unpaired) electrons. The molecule has 5 nitrogen and oxygen atoms in total. The van der Waals surface area contributed by atoms with E-state index < -0.39 is 0 Å². The average Bonchev–Trinajstić information content (AvgIpc) is 2.96. The van der Waals surface area contributed by atoms with Crippen molar-refractivity contribution in [2.24, 2.45) is 5.73 Å². The lowest BCUT2D eigenvalue weighted by atomic mass is 10.2. The Labute approximate surface area is 125 Å². The molecule has 0 atom stereocenters. The standard InChI is InChI=1S/C16H22N4O/c1-13(21)15-7-6-8-16(19-15)14-11-18-20(12-14)10-5-3-2-4-9-17/h6-8,11-12H,2-5,9-10,17H2,1H3. The van der Waals surface area contributed by atoms with E-state index in [1.807, 2.05) is 23.0 Å². The Kier molecular flexibility index (Phi) is 5.63. The zero-order chi connectivity index (χ0) is 15.1. The largest absolute Gasteiger partial charge is 0.330 e. The fourth-order valence-electron chi connectivity index (χ4n) is 2.18. The number of nitrogens with zero attached hydrogens (tertiary/aromatic N) is 3. The van der Waals surface area contributed by atoms with Gasteiger partial charge in [0, 0.05) is 25.2 Å². The van der Waals surface area contributed by atoms with Gasteiger partial charge in [-0.15, -0.1) is 0 Å². The first-order chi connectivity index (χ1) is 10.2. The molecule has 2 N–H and O–H groups in total.